The van der Waals surface area contributed by atoms with Crippen LogP contribution in [0.2, 0.25) is 0 Å². The Bertz CT molecular complexity index is 708. The Hall–Kier alpha value is -1.51. The molecule has 0 radical (unpaired) electrons. The van der Waals surface area contributed by atoms with Crippen LogP contribution in [0.5, 0.6) is 0 Å². The predicted octanol–water partition coefficient (Wildman–Crippen LogP) is 1.63. The molecular formula is C16H23FN2O4S. The molecule has 1 fully saturated rings. The number of piperidine rings is 1. The number of likely N-dealkylation sites (tertiary alicyclic amines) is 1. The van der Waals surface area contributed by atoms with Crippen LogP contribution in [0.4, 0.5) is 4.39 Å². The van der Waals surface area contributed by atoms with Gasteiger partial charge in [0.05, 0.1) is 11.8 Å². The number of sulfonamides is 1. The van der Waals surface area contributed by atoms with Gasteiger partial charge in [0.25, 0.3) is 0 Å². The van der Waals surface area contributed by atoms with Crippen LogP contribution < -0.4 is 0 Å². The van der Waals surface area contributed by atoms with Gasteiger partial charge in [-0.05, 0) is 37.4 Å². The Labute approximate surface area is 141 Å². The van der Waals surface area contributed by atoms with Gasteiger partial charge < -0.3 is 5.11 Å². The summed E-state index contributed by atoms with van der Waals surface area (Å²) < 4.78 is 38.4. The number of nitrogens with zero attached hydrogens (tertiary/aromatic N) is 2. The molecule has 1 saturated heterocycles. The summed E-state index contributed by atoms with van der Waals surface area (Å²) in [5.41, 5.74) is 0.389. The van der Waals surface area contributed by atoms with Gasteiger partial charge in [-0.15, -0.1) is 0 Å². The van der Waals surface area contributed by atoms with Crippen molar-refractivity contribution in [2.24, 2.45) is 5.92 Å². The van der Waals surface area contributed by atoms with E-state index in [2.05, 4.69) is 4.90 Å². The lowest BCUT2D eigenvalue weighted by molar-refractivity contribution is 0.0696. The van der Waals surface area contributed by atoms with Gasteiger partial charge in [0.2, 0.25) is 10.0 Å². The summed E-state index contributed by atoms with van der Waals surface area (Å²) in [5.74, 6) is -1.47. The van der Waals surface area contributed by atoms with Gasteiger partial charge in [0.15, 0.2) is 0 Å². The van der Waals surface area contributed by atoms with Crippen LogP contribution in [0.3, 0.4) is 0 Å². The SMILES string of the molecule is CN(CC1CCCN(Cc2ccc(C(=O)O)cc2F)C1)S(C)(=O)=O. The molecule has 6 nitrogen and oxygen atoms in total. The number of aromatic carboxylic acids is 1. The van der Waals surface area contributed by atoms with Crippen molar-refractivity contribution in [2.75, 3.05) is 32.9 Å². The maximum Gasteiger partial charge on any atom is 0.335 e. The van der Waals surface area contributed by atoms with E-state index in [1.54, 1.807) is 7.05 Å². The number of rotatable bonds is 6. The Morgan fingerprint density at radius 3 is 2.75 bits per heavy atom. The molecule has 0 amide bonds. The van der Waals surface area contributed by atoms with E-state index in [9.17, 15) is 17.6 Å². The normalized spacial score (nSPS) is 19.6. The average molecular weight is 358 g/mol. The summed E-state index contributed by atoms with van der Waals surface area (Å²) in [5, 5.41) is 8.88. The van der Waals surface area contributed by atoms with Crippen molar-refractivity contribution < 1.29 is 22.7 Å². The molecule has 134 valence electrons. The molecule has 0 saturated carbocycles. The minimum absolute atomic E-state index is 0.0671. The fourth-order valence-electron chi connectivity index (χ4n) is 2.99. The van der Waals surface area contributed by atoms with E-state index >= 15 is 0 Å². The number of carboxylic acid groups (broad SMARTS) is 1. The lowest BCUT2D eigenvalue weighted by atomic mass is 9.97. The summed E-state index contributed by atoms with van der Waals surface area (Å²) in [6, 6.07) is 3.95. The summed E-state index contributed by atoms with van der Waals surface area (Å²) in [7, 11) is -1.63. The zero-order chi connectivity index (χ0) is 17.9. The van der Waals surface area contributed by atoms with Crippen molar-refractivity contribution in [3.05, 3.63) is 35.1 Å². The van der Waals surface area contributed by atoms with Gasteiger partial charge in [-0.25, -0.2) is 21.9 Å². The molecule has 1 atom stereocenters. The van der Waals surface area contributed by atoms with Gasteiger partial charge in [-0.3, -0.25) is 4.90 Å². The van der Waals surface area contributed by atoms with Gasteiger partial charge in [0.1, 0.15) is 5.82 Å². The number of halogens is 1. The van der Waals surface area contributed by atoms with Crippen molar-refractivity contribution in [1.82, 2.24) is 9.21 Å². The monoisotopic (exact) mass is 358 g/mol. The Balaban J connectivity index is 1.99. The number of carbonyl (C=O) groups is 1. The molecule has 0 aliphatic carbocycles. The van der Waals surface area contributed by atoms with Gasteiger partial charge in [-0.2, -0.15) is 0 Å². The lowest BCUT2D eigenvalue weighted by Gasteiger charge is -2.34. The highest BCUT2D eigenvalue weighted by Crippen LogP contribution is 2.21. The highest BCUT2D eigenvalue weighted by molar-refractivity contribution is 7.88. The van der Waals surface area contributed by atoms with E-state index in [0.717, 1.165) is 25.5 Å². The molecular weight excluding hydrogens is 335 g/mol. The summed E-state index contributed by atoms with van der Waals surface area (Å²) >= 11 is 0. The zero-order valence-electron chi connectivity index (χ0n) is 13.9. The summed E-state index contributed by atoms with van der Waals surface area (Å²) in [6.07, 6.45) is 3.06. The summed E-state index contributed by atoms with van der Waals surface area (Å²) in [6.45, 7) is 2.36. The van der Waals surface area contributed by atoms with Crippen molar-refractivity contribution in [3.63, 3.8) is 0 Å². The zero-order valence-corrected chi connectivity index (χ0v) is 14.7. The second-order valence-corrected chi connectivity index (χ2v) is 8.49. The van der Waals surface area contributed by atoms with Crippen molar-refractivity contribution in [2.45, 2.75) is 19.4 Å². The van der Waals surface area contributed by atoms with Crippen LogP contribution in [-0.2, 0) is 16.6 Å². The van der Waals surface area contributed by atoms with E-state index < -0.39 is 21.8 Å². The van der Waals surface area contributed by atoms with Crippen LogP contribution in [0.15, 0.2) is 18.2 Å². The van der Waals surface area contributed by atoms with Crippen LogP contribution in [0, 0.1) is 11.7 Å². The first kappa shape index (κ1) is 18.8. The van der Waals surface area contributed by atoms with Crippen LogP contribution in [0.25, 0.3) is 0 Å². The minimum atomic E-state index is -3.20. The number of hydrogen-bond acceptors (Lipinski definition) is 4. The molecule has 1 aliphatic heterocycles. The van der Waals surface area contributed by atoms with Crippen molar-refractivity contribution in [1.29, 1.82) is 0 Å². The van der Waals surface area contributed by atoms with E-state index in [1.165, 1.54) is 22.7 Å². The van der Waals surface area contributed by atoms with Gasteiger partial charge in [0, 0.05) is 32.2 Å². The standard InChI is InChI=1S/C16H23FN2O4S/c1-18(24(2,22)23)9-12-4-3-7-19(10-12)11-14-6-5-13(16(20)21)8-15(14)17/h5-6,8,12H,3-4,7,9-11H2,1-2H3,(H,20,21). The molecule has 0 aromatic heterocycles. The fraction of sp³-hybridized carbons (Fsp3) is 0.562. The third-order valence-electron chi connectivity index (χ3n) is 4.38. The third kappa shape index (κ3) is 4.99. The van der Waals surface area contributed by atoms with Crippen LogP contribution in [-0.4, -0.2) is 61.6 Å². The molecule has 0 bridgehead atoms. The molecule has 1 heterocycles. The number of hydrogen-bond donors (Lipinski definition) is 1. The first-order valence-electron chi connectivity index (χ1n) is 7.82. The Morgan fingerprint density at radius 2 is 2.17 bits per heavy atom. The van der Waals surface area contributed by atoms with Crippen LogP contribution >= 0.6 is 0 Å². The van der Waals surface area contributed by atoms with Gasteiger partial charge in [-0.1, -0.05) is 6.07 Å². The topological polar surface area (TPSA) is 77.9 Å². The van der Waals surface area contributed by atoms with E-state index in [-0.39, 0.29) is 11.5 Å². The molecule has 0 spiro atoms. The number of benzene rings is 1. The third-order valence-corrected chi connectivity index (χ3v) is 5.66. The maximum atomic E-state index is 14.1. The highest BCUT2D eigenvalue weighted by atomic mass is 32.2. The Morgan fingerprint density at radius 1 is 1.46 bits per heavy atom. The molecule has 1 aliphatic rings. The van der Waals surface area contributed by atoms with Gasteiger partial charge >= 0.3 is 5.97 Å². The highest BCUT2D eigenvalue weighted by Gasteiger charge is 2.24. The summed E-state index contributed by atoms with van der Waals surface area (Å²) in [4.78, 5) is 12.9. The van der Waals surface area contributed by atoms with Crippen molar-refractivity contribution >= 4 is 16.0 Å². The largest absolute Gasteiger partial charge is 0.478 e. The first-order valence-corrected chi connectivity index (χ1v) is 9.67. The first-order chi connectivity index (χ1) is 11.2. The fourth-order valence-corrected chi connectivity index (χ4v) is 3.47. The second-order valence-electron chi connectivity index (χ2n) is 6.40. The molecule has 24 heavy (non-hydrogen) atoms. The van der Waals surface area contributed by atoms with Crippen LogP contribution in [0.1, 0.15) is 28.8 Å². The molecule has 1 aromatic carbocycles. The van der Waals surface area contributed by atoms with Crippen molar-refractivity contribution in [3.8, 4) is 0 Å². The maximum absolute atomic E-state index is 14.1. The number of carboxylic acids is 1. The molecule has 2 rings (SSSR count). The van der Waals surface area contributed by atoms with E-state index in [0.29, 0.717) is 25.2 Å². The average Bonchev–Trinajstić information content (AvgIpc) is 2.48. The predicted molar refractivity (Wildman–Crippen MR) is 88.8 cm³/mol. The second kappa shape index (κ2) is 7.58. The molecule has 1 aromatic rings. The van der Waals surface area contributed by atoms with E-state index in [4.69, 9.17) is 5.11 Å². The Kier molecular flexibility index (Phi) is 5.95. The quantitative estimate of drug-likeness (QED) is 0.836. The smallest absolute Gasteiger partial charge is 0.335 e. The molecule has 1 unspecified atom stereocenters. The van der Waals surface area contributed by atoms with E-state index in [1.807, 2.05) is 0 Å². The lowest BCUT2D eigenvalue weighted by Crippen LogP contribution is -2.41. The minimum Gasteiger partial charge on any atom is -0.478 e. The molecule has 8 heteroatoms. The molecule has 1 N–H and O–H groups in total.